The Bertz CT molecular complexity index is 1260. The number of amides is 1. The number of nitrogens with zero attached hydrogens (tertiary/aromatic N) is 2. The van der Waals surface area contributed by atoms with Gasteiger partial charge in [-0.15, -0.1) is 0 Å². The second kappa shape index (κ2) is 9.09. The molecule has 1 atom stereocenters. The molecule has 182 valence electrons. The van der Waals surface area contributed by atoms with E-state index in [0.717, 1.165) is 12.1 Å². The molecular weight excluding hydrogens is 457 g/mol. The molecule has 0 radical (unpaired) electrons. The lowest BCUT2D eigenvalue weighted by Crippen LogP contribution is -2.45. The number of hydrogen-bond acceptors (Lipinski definition) is 4. The molecule has 1 amide bonds. The summed E-state index contributed by atoms with van der Waals surface area (Å²) < 4.78 is 41.2. The monoisotopic (exact) mass is 482 g/mol. The number of aromatic hydroxyl groups is 1. The highest BCUT2D eigenvalue weighted by Crippen LogP contribution is 2.45. The van der Waals surface area contributed by atoms with E-state index in [2.05, 4.69) is 0 Å². The van der Waals surface area contributed by atoms with Crippen LogP contribution in [-0.4, -0.2) is 30.9 Å². The minimum atomic E-state index is -4.62. The molecule has 5 nitrogen and oxygen atoms in total. The molecule has 3 aromatic carbocycles. The Labute approximate surface area is 201 Å². The number of fused-ring (bicyclic) bond motifs is 1. The molecule has 0 aromatic heterocycles. The minimum Gasteiger partial charge on any atom is -0.508 e. The number of phenols is 1. The zero-order valence-electron chi connectivity index (χ0n) is 19.3. The van der Waals surface area contributed by atoms with Crippen molar-refractivity contribution < 1.29 is 27.9 Å². The van der Waals surface area contributed by atoms with Crippen LogP contribution in [-0.2, 0) is 27.6 Å². The van der Waals surface area contributed by atoms with Crippen molar-refractivity contribution in [2.24, 2.45) is 0 Å². The summed E-state index contributed by atoms with van der Waals surface area (Å²) >= 11 is 0. The van der Waals surface area contributed by atoms with Gasteiger partial charge in [-0.25, -0.2) is 0 Å². The zero-order valence-corrected chi connectivity index (χ0v) is 19.3. The molecule has 0 aliphatic heterocycles. The second-order valence-electron chi connectivity index (χ2n) is 8.62. The van der Waals surface area contributed by atoms with Crippen molar-refractivity contribution in [3.8, 4) is 5.75 Å². The van der Waals surface area contributed by atoms with Crippen LogP contribution in [0.2, 0.25) is 0 Å². The number of para-hydroxylation sites is 1. The van der Waals surface area contributed by atoms with Crippen LogP contribution in [0.25, 0.3) is 0 Å². The lowest BCUT2D eigenvalue weighted by atomic mass is 9.81. The van der Waals surface area contributed by atoms with E-state index >= 15 is 0 Å². The summed E-state index contributed by atoms with van der Waals surface area (Å²) in [6.07, 6.45) is -3.52. The molecule has 35 heavy (non-hydrogen) atoms. The van der Waals surface area contributed by atoms with Gasteiger partial charge in [-0.1, -0.05) is 24.3 Å². The van der Waals surface area contributed by atoms with Gasteiger partial charge in [0.15, 0.2) is 0 Å². The highest BCUT2D eigenvalue weighted by Gasteiger charge is 2.49. The first-order chi connectivity index (χ1) is 16.6. The van der Waals surface area contributed by atoms with Gasteiger partial charge in [0.25, 0.3) is 0 Å². The molecule has 1 N–H and O–H groups in total. The predicted octanol–water partition coefficient (Wildman–Crippen LogP) is 5.61. The molecule has 0 spiro atoms. The lowest BCUT2D eigenvalue weighted by molar-refractivity contribution is -0.137. The zero-order chi connectivity index (χ0) is 25.4. The number of halogens is 3. The summed E-state index contributed by atoms with van der Waals surface area (Å²) in [5.41, 5.74) is -0.587. The molecule has 1 unspecified atom stereocenters. The number of carbonyl (C=O) groups is 2. The van der Waals surface area contributed by atoms with E-state index in [9.17, 15) is 27.9 Å². The third-order valence-electron chi connectivity index (χ3n) is 6.59. The highest BCUT2D eigenvalue weighted by atomic mass is 19.4. The van der Waals surface area contributed by atoms with Crippen LogP contribution in [0.3, 0.4) is 0 Å². The topological polar surface area (TPSA) is 60.9 Å². The maximum absolute atomic E-state index is 14.3. The molecule has 0 bridgehead atoms. The largest absolute Gasteiger partial charge is 0.508 e. The van der Waals surface area contributed by atoms with Crippen LogP contribution in [0.1, 0.15) is 30.0 Å². The van der Waals surface area contributed by atoms with Gasteiger partial charge in [0.05, 0.1) is 16.9 Å². The number of anilines is 3. The van der Waals surface area contributed by atoms with Crippen molar-refractivity contribution >= 4 is 29.3 Å². The first-order valence-corrected chi connectivity index (χ1v) is 11.2. The van der Waals surface area contributed by atoms with E-state index in [1.807, 2.05) is 6.92 Å². The number of benzene rings is 3. The fourth-order valence-electron chi connectivity index (χ4n) is 4.60. The Morgan fingerprint density at radius 1 is 1.06 bits per heavy atom. The number of aryl methyl sites for hydroxylation is 1. The molecule has 8 heteroatoms. The normalized spacial score (nSPS) is 17.1. The number of aldehydes is 1. The van der Waals surface area contributed by atoms with Crippen molar-refractivity contribution in [2.75, 3.05) is 23.4 Å². The van der Waals surface area contributed by atoms with Crippen molar-refractivity contribution in [1.29, 1.82) is 0 Å². The van der Waals surface area contributed by atoms with E-state index in [1.54, 1.807) is 48.3 Å². The van der Waals surface area contributed by atoms with Gasteiger partial charge in [0, 0.05) is 19.3 Å². The SMILES string of the molecule is CCN(C)c1ccc(C(F)(F)F)cc1N(C(=O)C1(C=O)CCc2cc(O)ccc21)c1ccccc1. The molecule has 4 rings (SSSR count). The summed E-state index contributed by atoms with van der Waals surface area (Å²) in [5, 5.41) is 9.88. The van der Waals surface area contributed by atoms with Gasteiger partial charge in [-0.3, -0.25) is 9.69 Å². The minimum absolute atomic E-state index is 0.0162. The maximum atomic E-state index is 14.3. The summed E-state index contributed by atoms with van der Waals surface area (Å²) in [5.74, 6) is -0.629. The Hall–Kier alpha value is -3.81. The average molecular weight is 483 g/mol. The summed E-state index contributed by atoms with van der Waals surface area (Å²) in [4.78, 5) is 29.8. The molecule has 0 saturated heterocycles. The van der Waals surface area contributed by atoms with Gasteiger partial charge < -0.3 is 14.8 Å². The van der Waals surface area contributed by atoms with Crippen LogP contribution < -0.4 is 9.80 Å². The molecule has 0 saturated carbocycles. The van der Waals surface area contributed by atoms with Gasteiger partial charge in [0.1, 0.15) is 17.5 Å². The molecule has 1 aliphatic carbocycles. The molecule has 1 aliphatic rings. The maximum Gasteiger partial charge on any atom is 0.416 e. The van der Waals surface area contributed by atoms with Crippen LogP contribution in [0.5, 0.6) is 5.75 Å². The third kappa shape index (κ3) is 4.24. The predicted molar refractivity (Wildman–Crippen MR) is 128 cm³/mol. The molecule has 0 fully saturated rings. The number of rotatable bonds is 6. The Morgan fingerprint density at radius 3 is 2.40 bits per heavy atom. The third-order valence-corrected chi connectivity index (χ3v) is 6.59. The van der Waals surface area contributed by atoms with Crippen LogP contribution >= 0.6 is 0 Å². The standard InChI is InChI=1S/C27H25F3N2O3/c1-3-31(2)23-12-9-19(27(28,29)30)16-24(23)32(20-7-5-4-6-8-20)25(35)26(17-33)14-13-18-15-21(34)10-11-22(18)26/h4-12,15-17,34H,3,13-14H2,1-2H3. The molecular formula is C27H25F3N2O3. The summed E-state index contributed by atoms with van der Waals surface area (Å²) in [6, 6.07) is 16.1. The van der Waals surface area contributed by atoms with Crippen molar-refractivity contribution in [3.63, 3.8) is 0 Å². The van der Waals surface area contributed by atoms with E-state index in [1.165, 1.54) is 23.1 Å². The Balaban J connectivity index is 1.98. The number of phenolic OH excluding ortho intramolecular Hbond substituents is 1. The number of carbonyl (C=O) groups excluding carboxylic acids is 2. The van der Waals surface area contributed by atoms with Crippen LogP contribution in [0.4, 0.5) is 30.2 Å². The van der Waals surface area contributed by atoms with E-state index in [-0.39, 0.29) is 17.9 Å². The van der Waals surface area contributed by atoms with Crippen molar-refractivity contribution in [2.45, 2.75) is 31.4 Å². The summed E-state index contributed by atoms with van der Waals surface area (Å²) in [6.45, 7) is 2.33. The van der Waals surface area contributed by atoms with Crippen molar-refractivity contribution in [3.05, 3.63) is 83.4 Å². The van der Waals surface area contributed by atoms with Crippen LogP contribution in [0, 0.1) is 0 Å². The Morgan fingerprint density at radius 2 is 1.77 bits per heavy atom. The number of hydrogen-bond donors (Lipinski definition) is 1. The quantitative estimate of drug-likeness (QED) is 0.366. The molecule has 3 aromatic rings. The van der Waals surface area contributed by atoms with Gasteiger partial charge in [-0.05, 0) is 73.4 Å². The van der Waals surface area contributed by atoms with Gasteiger partial charge in [-0.2, -0.15) is 13.2 Å². The Kier molecular flexibility index (Phi) is 6.32. The lowest BCUT2D eigenvalue weighted by Gasteiger charge is -2.34. The first kappa shape index (κ1) is 24.3. The van der Waals surface area contributed by atoms with Gasteiger partial charge >= 0.3 is 6.18 Å². The second-order valence-corrected chi connectivity index (χ2v) is 8.62. The summed E-state index contributed by atoms with van der Waals surface area (Å²) in [7, 11) is 1.73. The smallest absolute Gasteiger partial charge is 0.416 e. The first-order valence-electron chi connectivity index (χ1n) is 11.2. The number of alkyl halides is 3. The average Bonchev–Trinajstić information content (AvgIpc) is 3.22. The van der Waals surface area contributed by atoms with Crippen LogP contribution in [0.15, 0.2) is 66.7 Å². The fraction of sp³-hybridized carbons (Fsp3) is 0.259. The molecule has 0 heterocycles. The van der Waals surface area contributed by atoms with E-state index < -0.39 is 23.1 Å². The van der Waals surface area contributed by atoms with Crippen molar-refractivity contribution in [1.82, 2.24) is 0 Å². The fourth-order valence-corrected chi connectivity index (χ4v) is 4.60. The van der Waals surface area contributed by atoms with E-state index in [0.29, 0.717) is 41.8 Å². The van der Waals surface area contributed by atoms with Gasteiger partial charge in [0.2, 0.25) is 5.91 Å². The van der Waals surface area contributed by atoms with E-state index in [4.69, 9.17) is 0 Å². The highest BCUT2D eigenvalue weighted by molar-refractivity contribution is 6.16.